The van der Waals surface area contributed by atoms with Gasteiger partial charge in [-0.25, -0.2) is 0 Å². The molecule has 0 aliphatic heterocycles. The Hall–Kier alpha value is -2.48. The number of aryl methyl sites for hydroxylation is 1. The van der Waals surface area contributed by atoms with E-state index in [1.807, 2.05) is 67.6 Å². The van der Waals surface area contributed by atoms with Crippen molar-refractivity contribution in [3.63, 3.8) is 0 Å². The number of aromatic nitrogens is 1. The molecule has 3 rings (SSSR count). The van der Waals surface area contributed by atoms with E-state index in [1.165, 1.54) is 0 Å². The van der Waals surface area contributed by atoms with E-state index in [2.05, 4.69) is 4.98 Å². The van der Waals surface area contributed by atoms with Crippen molar-refractivity contribution in [2.75, 3.05) is 0 Å². The molecule has 1 heterocycles. The summed E-state index contributed by atoms with van der Waals surface area (Å²) in [7, 11) is 0. The quantitative estimate of drug-likeness (QED) is 0.645. The highest BCUT2D eigenvalue weighted by Crippen LogP contribution is 2.17. The number of fused-ring (bicyclic) bond motifs is 1. The van der Waals surface area contributed by atoms with Gasteiger partial charge in [-0.05, 0) is 31.2 Å². The Morgan fingerprint density at radius 1 is 0.895 bits per heavy atom. The molecule has 0 saturated carbocycles. The van der Waals surface area contributed by atoms with E-state index in [9.17, 15) is 4.79 Å². The first-order valence-corrected chi connectivity index (χ1v) is 6.21. The smallest absolute Gasteiger partial charge is 0.193 e. The fourth-order valence-electron chi connectivity index (χ4n) is 2.12. The molecular formula is C17H13NO. The molecule has 19 heavy (non-hydrogen) atoms. The average molecular weight is 247 g/mol. The molecule has 2 aromatic carbocycles. The van der Waals surface area contributed by atoms with Crippen LogP contribution >= 0.6 is 0 Å². The summed E-state index contributed by atoms with van der Waals surface area (Å²) in [6.07, 6.45) is 0. The summed E-state index contributed by atoms with van der Waals surface area (Å²) < 4.78 is 0. The van der Waals surface area contributed by atoms with Crippen molar-refractivity contribution in [2.24, 2.45) is 0 Å². The topological polar surface area (TPSA) is 30.0 Å². The van der Waals surface area contributed by atoms with E-state index < -0.39 is 0 Å². The second-order valence-corrected chi connectivity index (χ2v) is 4.56. The van der Waals surface area contributed by atoms with Crippen molar-refractivity contribution in [1.29, 1.82) is 0 Å². The van der Waals surface area contributed by atoms with E-state index in [1.54, 1.807) is 0 Å². The third kappa shape index (κ3) is 2.25. The van der Waals surface area contributed by atoms with Crippen LogP contribution in [0, 0.1) is 6.92 Å². The van der Waals surface area contributed by atoms with E-state index in [4.69, 9.17) is 0 Å². The lowest BCUT2D eigenvalue weighted by molar-refractivity contribution is 0.103. The monoisotopic (exact) mass is 247 g/mol. The van der Waals surface area contributed by atoms with Gasteiger partial charge in [0, 0.05) is 22.2 Å². The number of hydrogen-bond acceptors (Lipinski definition) is 2. The Balaban J connectivity index is 2.07. The van der Waals surface area contributed by atoms with Gasteiger partial charge in [-0.15, -0.1) is 0 Å². The number of pyridine rings is 1. The number of nitrogens with zero attached hydrogens (tertiary/aromatic N) is 1. The van der Waals surface area contributed by atoms with Gasteiger partial charge in [0.1, 0.15) is 0 Å². The molecule has 3 aromatic rings. The summed E-state index contributed by atoms with van der Waals surface area (Å²) in [5.41, 5.74) is 3.31. The third-order valence-corrected chi connectivity index (χ3v) is 3.13. The van der Waals surface area contributed by atoms with Crippen LogP contribution in [0.2, 0.25) is 0 Å². The Morgan fingerprint density at radius 2 is 1.68 bits per heavy atom. The van der Waals surface area contributed by atoms with Gasteiger partial charge < -0.3 is 0 Å². The standard InChI is InChI=1S/C17H13NO/c1-12-7-8-14-11-15(9-10-16(14)18-12)17(19)13-5-3-2-4-6-13/h2-11H,1H3. The summed E-state index contributed by atoms with van der Waals surface area (Å²) in [6, 6.07) is 18.9. The maximum atomic E-state index is 12.3. The maximum Gasteiger partial charge on any atom is 0.193 e. The molecule has 0 atom stereocenters. The van der Waals surface area contributed by atoms with Crippen molar-refractivity contribution in [2.45, 2.75) is 6.92 Å². The lowest BCUT2D eigenvalue weighted by Crippen LogP contribution is -2.00. The van der Waals surface area contributed by atoms with Crippen LogP contribution in [0.4, 0.5) is 0 Å². The molecule has 0 fully saturated rings. The normalized spacial score (nSPS) is 10.6. The highest BCUT2D eigenvalue weighted by Gasteiger charge is 2.09. The van der Waals surface area contributed by atoms with Crippen molar-refractivity contribution in [3.05, 3.63) is 77.5 Å². The van der Waals surface area contributed by atoms with Crippen LogP contribution in [-0.4, -0.2) is 10.8 Å². The second kappa shape index (κ2) is 4.65. The maximum absolute atomic E-state index is 12.3. The van der Waals surface area contributed by atoms with Crippen molar-refractivity contribution in [3.8, 4) is 0 Å². The highest BCUT2D eigenvalue weighted by molar-refractivity contribution is 6.10. The zero-order valence-electron chi connectivity index (χ0n) is 10.6. The highest BCUT2D eigenvalue weighted by atomic mass is 16.1. The second-order valence-electron chi connectivity index (χ2n) is 4.56. The van der Waals surface area contributed by atoms with Gasteiger partial charge in [0.05, 0.1) is 5.52 Å². The number of ketones is 1. The number of rotatable bonds is 2. The van der Waals surface area contributed by atoms with Crippen LogP contribution in [0.25, 0.3) is 10.9 Å². The molecule has 0 spiro atoms. The van der Waals surface area contributed by atoms with Gasteiger partial charge in [-0.3, -0.25) is 9.78 Å². The lowest BCUT2D eigenvalue weighted by Gasteiger charge is -2.03. The number of benzene rings is 2. The fourth-order valence-corrected chi connectivity index (χ4v) is 2.12. The summed E-state index contributed by atoms with van der Waals surface area (Å²) in [6.45, 7) is 1.96. The molecule has 0 bridgehead atoms. The predicted molar refractivity (Wildman–Crippen MR) is 76.4 cm³/mol. The van der Waals surface area contributed by atoms with Crippen molar-refractivity contribution < 1.29 is 4.79 Å². The largest absolute Gasteiger partial charge is 0.289 e. The summed E-state index contributed by atoms with van der Waals surface area (Å²) in [5.74, 6) is 0.0445. The van der Waals surface area contributed by atoms with Crippen LogP contribution in [0.3, 0.4) is 0 Å². The zero-order chi connectivity index (χ0) is 13.2. The molecule has 0 radical (unpaired) electrons. The van der Waals surface area contributed by atoms with Gasteiger partial charge in [0.2, 0.25) is 0 Å². The summed E-state index contributed by atoms with van der Waals surface area (Å²) in [4.78, 5) is 16.8. The van der Waals surface area contributed by atoms with Gasteiger partial charge in [0.25, 0.3) is 0 Å². The van der Waals surface area contributed by atoms with Crippen molar-refractivity contribution in [1.82, 2.24) is 4.98 Å². The molecule has 0 N–H and O–H groups in total. The predicted octanol–water partition coefficient (Wildman–Crippen LogP) is 3.77. The molecular weight excluding hydrogens is 234 g/mol. The SMILES string of the molecule is Cc1ccc2cc(C(=O)c3ccccc3)ccc2n1. The van der Waals surface area contributed by atoms with Crippen LogP contribution in [0.5, 0.6) is 0 Å². The molecule has 0 unspecified atom stereocenters. The molecule has 2 nitrogen and oxygen atoms in total. The van der Waals surface area contributed by atoms with Crippen molar-refractivity contribution >= 4 is 16.7 Å². The third-order valence-electron chi connectivity index (χ3n) is 3.13. The molecule has 0 aliphatic carbocycles. The van der Waals surface area contributed by atoms with Crippen LogP contribution in [0.15, 0.2) is 60.7 Å². The lowest BCUT2D eigenvalue weighted by atomic mass is 10.0. The first-order valence-electron chi connectivity index (χ1n) is 6.21. The average Bonchev–Trinajstić information content (AvgIpc) is 2.47. The number of carbonyl (C=O) groups is 1. The molecule has 0 aliphatic rings. The minimum Gasteiger partial charge on any atom is -0.289 e. The fraction of sp³-hybridized carbons (Fsp3) is 0.0588. The first-order chi connectivity index (χ1) is 9.24. The van der Waals surface area contributed by atoms with Gasteiger partial charge in [-0.1, -0.05) is 36.4 Å². The molecule has 2 heteroatoms. The zero-order valence-corrected chi connectivity index (χ0v) is 10.6. The minimum absolute atomic E-state index is 0.0445. The Bertz CT molecular complexity index is 748. The summed E-state index contributed by atoms with van der Waals surface area (Å²) >= 11 is 0. The Morgan fingerprint density at radius 3 is 2.47 bits per heavy atom. The van der Waals surface area contributed by atoms with Gasteiger partial charge in [-0.2, -0.15) is 0 Å². The van der Waals surface area contributed by atoms with E-state index in [-0.39, 0.29) is 5.78 Å². The van der Waals surface area contributed by atoms with E-state index in [0.29, 0.717) is 11.1 Å². The molecule has 0 amide bonds. The van der Waals surface area contributed by atoms with Gasteiger partial charge in [0.15, 0.2) is 5.78 Å². The van der Waals surface area contributed by atoms with Gasteiger partial charge >= 0.3 is 0 Å². The minimum atomic E-state index is 0.0445. The summed E-state index contributed by atoms with van der Waals surface area (Å²) in [5, 5.41) is 0.993. The van der Waals surface area contributed by atoms with E-state index >= 15 is 0 Å². The Labute approximate surface area is 111 Å². The first kappa shape index (κ1) is 11.6. The molecule has 0 saturated heterocycles. The van der Waals surface area contributed by atoms with Crippen LogP contribution < -0.4 is 0 Å². The number of hydrogen-bond donors (Lipinski definition) is 0. The van der Waals surface area contributed by atoms with Crippen LogP contribution in [0.1, 0.15) is 21.6 Å². The Kier molecular flexibility index (Phi) is 2.84. The van der Waals surface area contributed by atoms with Crippen LogP contribution in [-0.2, 0) is 0 Å². The van der Waals surface area contributed by atoms with E-state index in [0.717, 1.165) is 16.6 Å². The molecule has 1 aromatic heterocycles. The molecule has 92 valence electrons. The number of carbonyl (C=O) groups excluding carboxylic acids is 1.